The van der Waals surface area contributed by atoms with E-state index in [1.807, 2.05) is 43.9 Å². The highest BCUT2D eigenvalue weighted by atomic mass is 35.5. The number of methoxy groups -OCH3 is 1. The van der Waals surface area contributed by atoms with Crippen LogP contribution >= 0.6 is 11.6 Å². The lowest BCUT2D eigenvalue weighted by atomic mass is 9.95. The maximum Gasteiger partial charge on any atom is 0.410 e. The number of alkyl halides is 1. The molecule has 4 aliphatic rings. The molecule has 0 saturated carbocycles. The van der Waals surface area contributed by atoms with Crippen LogP contribution in [0.1, 0.15) is 52.9 Å². The highest BCUT2D eigenvalue weighted by Crippen LogP contribution is 2.43. The summed E-state index contributed by atoms with van der Waals surface area (Å²) in [7, 11) is 1.52. The smallest absolute Gasteiger partial charge is 0.410 e. The maximum absolute atomic E-state index is 17.2. The molecule has 0 N–H and O–H groups in total. The molecule has 4 aromatic rings. The van der Waals surface area contributed by atoms with E-state index in [4.69, 9.17) is 35.5 Å². The Hall–Kier alpha value is -4.07. The summed E-state index contributed by atoms with van der Waals surface area (Å²) in [6, 6.07) is 8.72. The van der Waals surface area contributed by atoms with Crippen LogP contribution in [0.5, 0.6) is 11.8 Å². The van der Waals surface area contributed by atoms with Gasteiger partial charge in [0.15, 0.2) is 12.6 Å². The highest BCUT2D eigenvalue weighted by Gasteiger charge is 2.50. The molecule has 4 atom stereocenters. The summed E-state index contributed by atoms with van der Waals surface area (Å²) >= 11 is 6.72. The quantitative estimate of drug-likeness (QED) is 0.173. The van der Waals surface area contributed by atoms with Crippen LogP contribution in [0.15, 0.2) is 36.5 Å². The molecule has 4 saturated heterocycles. The fraction of sp³-hybridized carbons (Fsp3) is 0.526. The molecular weight excluding hydrogens is 694 g/mol. The molecule has 11 nitrogen and oxygen atoms in total. The number of carbonyl (C=O) groups is 1. The van der Waals surface area contributed by atoms with Crippen LogP contribution in [0.25, 0.3) is 32.9 Å². The van der Waals surface area contributed by atoms with E-state index >= 15 is 4.39 Å². The van der Waals surface area contributed by atoms with Crippen molar-refractivity contribution in [3.8, 4) is 23.0 Å². The third kappa shape index (κ3) is 6.34. The molecule has 0 radical (unpaired) electrons. The lowest BCUT2D eigenvalue weighted by Crippen LogP contribution is -2.57. The van der Waals surface area contributed by atoms with Gasteiger partial charge in [0.2, 0.25) is 0 Å². The second kappa shape index (κ2) is 13.4. The average Bonchev–Trinajstić information content (AvgIpc) is 3.72. The molecule has 4 aliphatic heterocycles. The molecule has 8 rings (SSSR count). The number of piperazine rings is 1. The number of hydrogen-bond donors (Lipinski definition) is 0. The van der Waals surface area contributed by atoms with E-state index in [2.05, 4.69) is 19.8 Å². The summed E-state index contributed by atoms with van der Waals surface area (Å²) < 4.78 is 54.8. The van der Waals surface area contributed by atoms with E-state index in [9.17, 15) is 9.18 Å². The number of fused-ring (bicyclic) bond motifs is 5. The van der Waals surface area contributed by atoms with Gasteiger partial charge in [-0.25, -0.2) is 13.6 Å². The summed E-state index contributed by atoms with van der Waals surface area (Å²) in [5.74, 6) is 0.257. The number of halogens is 3. The number of benzene rings is 2. The molecule has 52 heavy (non-hydrogen) atoms. The van der Waals surface area contributed by atoms with E-state index in [0.717, 1.165) is 37.6 Å². The maximum atomic E-state index is 17.2. The van der Waals surface area contributed by atoms with E-state index < -0.39 is 23.1 Å². The Labute approximate surface area is 306 Å². The molecule has 1 amide bonds. The Morgan fingerprint density at radius 2 is 1.88 bits per heavy atom. The summed E-state index contributed by atoms with van der Waals surface area (Å²) in [4.78, 5) is 33.5. The van der Waals surface area contributed by atoms with E-state index in [1.165, 1.54) is 7.11 Å². The van der Waals surface area contributed by atoms with Gasteiger partial charge in [-0.05, 0) is 76.6 Å². The second-order valence-corrected chi connectivity index (χ2v) is 15.8. The zero-order valence-corrected chi connectivity index (χ0v) is 30.6. The van der Waals surface area contributed by atoms with Gasteiger partial charge in [-0.1, -0.05) is 23.7 Å². The van der Waals surface area contributed by atoms with Gasteiger partial charge < -0.3 is 23.8 Å². The van der Waals surface area contributed by atoms with Crippen molar-refractivity contribution >= 4 is 45.2 Å². The molecule has 0 aliphatic carbocycles. The van der Waals surface area contributed by atoms with Gasteiger partial charge in [-0.15, -0.1) is 0 Å². The molecule has 14 heteroatoms. The summed E-state index contributed by atoms with van der Waals surface area (Å²) in [6.45, 7) is 7.88. The number of pyridine rings is 1. The number of nitrogens with zero attached hydrogens (tertiary/aromatic N) is 6. The van der Waals surface area contributed by atoms with Crippen LogP contribution < -0.4 is 14.4 Å². The van der Waals surface area contributed by atoms with Crippen LogP contribution in [0, 0.1) is 5.82 Å². The Morgan fingerprint density at radius 1 is 1.10 bits per heavy atom. The summed E-state index contributed by atoms with van der Waals surface area (Å²) in [5.41, 5.74) is -0.567. The Morgan fingerprint density at radius 3 is 2.63 bits per heavy atom. The SMILES string of the molecule is COCOc1cc(-c2ncc3c(N4CC5CCC(C4)N5C(=O)OC(C)(C)C)nc(OC[C@@]45CCCN4C[C@H](F)C5)nc3c2F)c2c(Cl)cccc2c1. The Balaban J connectivity index is 1.22. The monoisotopic (exact) mass is 736 g/mol. The lowest BCUT2D eigenvalue weighted by molar-refractivity contribution is 0.0122. The number of ether oxygens (including phenoxy) is 4. The minimum absolute atomic E-state index is 0.00167. The molecule has 2 unspecified atom stereocenters. The zero-order valence-electron chi connectivity index (χ0n) is 29.8. The van der Waals surface area contributed by atoms with Crippen LogP contribution in [-0.2, 0) is 9.47 Å². The van der Waals surface area contributed by atoms with Crippen molar-refractivity contribution in [1.82, 2.24) is 24.8 Å². The number of carbonyl (C=O) groups excluding carboxylic acids is 1. The number of rotatable bonds is 8. The minimum atomic E-state index is -0.926. The number of anilines is 1. The molecule has 2 aromatic heterocycles. The van der Waals surface area contributed by atoms with Crippen molar-refractivity contribution in [2.45, 2.75) is 82.3 Å². The standard InChI is InChI=1S/C38H43ClF2N6O5/c1-37(2,3)52-36(48)47-24-9-10-25(47)19-45(18-24)34-28-16-42-32(27-14-26(51-21-49-4)13-22-7-5-8-29(39)30(22)27)31(41)33(28)43-35(44-34)50-20-38-11-6-12-46(38)17-23(40)15-38/h5,7-8,13-14,16,23-25H,6,9-12,15,17-21H2,1-4H3/t23-,24?,25?,38+/m1/s1. The third-order valence-corrected chi connectivity index (χ3v) is 11.1. The fourth-order valence-corrected chi connectivity index (χ4v) is 8.89. The van der Waals surface area contributed by atoms with Crippen molar-refractivity contribution < 1.29 is 32.5 Å². The predicted octanol–water partition coefficient (Wildman–Crippen LogP) is 7.16. The first kappa shape index (κ1) is 35.0. The van der Waals surface area contributed by atoms with Gasteiger partial charge in [0.1, 0.15) is 41.2 Å². The molecule has 4 fully saturated rings. The zero-order chi connectivity index (χ0) is 36.4. The Bertz CT molecular complexity index is 2020. The van der Waals surface area contributed by atoms with Crippen molar-refractivity contribution in [3.63, 3.8) is 0 Å². The number of amides is 1. The van der Waals surface area contributed by atoms with Crippen LogP contribution in [0.3, 0.4) is 0 Å². The molecular formula is C38H43ClF2N6O5. The summed E-state index contributed by atoms with van der Waals surface area (Å²) in [5, 5.41) is 2.20. The van der Waals surface area contributed by atoms with Crippen LogP contribution in [0.2, 0.25) is 5.02 Å². The summed E-state index contributed by atoms with van der Waals surface area (Å²) in [6.07, 6.45) is 4.08. The van der Waals surface area contributed by atoms with Gasteiger partial charge in [0, 0.05) is 55.3 Å². The number of aromatic nitrogens is 3. The predicted molar refractivity (Wildman–Crippen MR) is 193 cm³/mol. The molecule has 2 bridgehead atoms. The van der Waals surface area contributed by atoms with Crippen molar-refractivity contribution in [2.24, 2.45) is 0 Å². The lowest BCUT2D eigenvalue weighted by Gasteiger charge is -2.42. The van der Waals surface area contributed by atoms with Crippen molar-refractivity contribution in [2.75, 3.05) is 51.6 Å². The van der Waals surface area contributed by atoms with Gasteiger partial charge >= 0.3 is 12.1 Å². The average molecular weight is 737 g/mol. The van der Waals surface area contributed by atoms with Gasteiger partial charge in [0.25, 0.3) is 0 Å². The Kier molecular flexibility index (Phi) is 9.02. The van der Waals surface area contributed by atoms with Gasteiger partial charge in [0.05, 0.1) is 23.0 Å². The van der Waals surface area contributed by atoms with Crippen molar-refractivity contribution in [3.05, 3.63) is 47.4 Å². The van der Waals surface area contributed by atoms with Crippen LogP contribution in [-0.4, -0.2) is 107 Å². The van der Waals surface area contributed by atoms with Gasteiger partial charge in [-0.3, -0.25) is 14.8 Å². The highest BCUT2D eigenvalue weighted by molar-refractivity contribution is 6.36. The van der Waals surface area contributed by atoms with E-state index in [-0.39, 0.29) is 48.8 Å². The second-order valence-electron chi connectivity index (χ2n) is 15.4. The first-order valence-corrected chi connectivity index (χ1v) is 18.3. The topological polar surface area (TPSA) is 102 Å². The van der Waals surface area contributed by atoms with Crippen molar-refractivity contribution in [1.29, 1.82) is 0 Å². The molecule has 0 spiro atoms. The van der Waals surface area contributed by atoms with Gasteiger partial charge in [-0.2, -0.15) is 9.97 Å². The fourth-order valence-electron chi connectivity index (χ4n) is 8.60. The third-order valence-electron chi connectivity index (χ3n) is 10.8. The first-order valence-electron chi connectivity index (χ1n) is 17.9. The number of hydrogen-bond acceptors (Lipinski definition) is 10. The van der Waals surface area contributed by atoms with E-state index in [0.29, 0.717) is 59.0 Å². The first-order chi connectivity index (χ1) is 24.9. The largest absolute Gasteiger partial charge is 0.468 e. The minimum Gasteiger partial charge on any atom is -0.468 e. The molecule has 6 heterocycles. The molecule has 276 valence electrons. The molecule has 2 aromatic carbocycles. The van der Waals surface area contributed by atoms with Crippen LogP contribution in [0.4, 0.5) is 19.4 Å². The normalized spacial score (nSPS) is 24.6. The van der Waals surface area contributed by atoms with E-state index in [1.54, 1.807) is 18.3 Å².